The van der Waals surface area contributed by atoms with E-state index in [4.69, 9.17) is 0 Å². The lowest BCUT2D eigenvalue weighted by Crippen LogP contribution is -2.13. The van der Waals surface area contributed by atoms with Crippen molar-refractivity contribution in [2.75, 3.05) is 0 Å². The van der Waals surface area contributed by atoms with Crippen LogP contribution in [0.2, 0.25) is 0 Å². The molecular formula is C23H30O2. The molecule has 0 fully saturated rings. The highest BCUT2D eigenvalue weighted by Crippen LogP contribution is 2.30. The summed E-state index contributed by atoms with van der Waals surface area (Å²) in [7, 11) is 0. The van der Waals surface area contributed by atoms with E-state index in [1.807, 2.05) is 31.2 Å². The molecule has 0 heterocycles. The summed E-state index contributed by atoms with van der Waals surface area (Å²) >= 11 is 0. The number of benzene rings is 2. The van der Waals surface area contributed by atoms with Crippen molar-refractivity contribution in [1.82, 2.24) is 0 Å². The van der Waals surface area contributed by atoms with E-state index in [0.29, 0.717) is 0 Å². The zero-order chi connectivity index (χ0) is 18.4. The molecule has 2 aromatic carbocycles. The Kier molecular flexibility index (Phi) is 6.81. The van der Waals surface area contributed by atoms with E-state index in [1.54, 1.807) is 12.1 Å². The van der Waals surface area contributed by atoms with Gasteiger partial charge in [0.2, 0.25) is 0 Å². The van der Waals surface area contributed by atoms with Gasteiger partial charge in [-0.05, 0) is 54.7 Å². The van der Waals surface area contributed by atoms with Crippen LogP contribution >= 0.6 is 0 Å². The zero-order valence-corrected chi connectivity index (χ0v) is 15.9. The van der Waals surface area contributed by atoms with Crippen LogP contribution in [-0.4, -0.2) is 10.9 Å². The van der Waals surface area contributed by atoms with Crippen LogP contribution in [0.5, 0.6) is 5.75 Å². The number of carbonyl (C=O) groups excluding carboxylic acids is 1. The number of hydrogen-bond acceptors (Lipinski definition) is 2. The van der Waals surface area contributed by atoms with Gasteiger partial charge in [0.1, 0.15) is 5.75 Å². The SMILES string of the molecule is CCCCCCC(C)C(=O)c1ccc(-c2ccc(O)cc2)c(C)c1C. The predicted octanol–water partition coefficient (Wildman–Crippen LogP) is 6.47. The molecule has 0 bridgehead atoms. The molecule has 0 aromatic heterocycles. The van der Waals surface area contributed by atoms with Crippen molar-refractivity contribution in [3.63, 3.8) is 0 Å². The lowest BCUT2D eigenvalue weighted by molar-refractivity contribution is 0.0921. The molecule has 25 heavy (non-hydrogen) atoms. The summed E-state index contributed by atoms with van der Waals surface area (Å²) in [4.78, 5) is 12.8. The molecule has 2 heteroatoms. The number of unbranched alkanes of at least 4 members (excludes halogenated alkanes) is 3. The Balaban J connectivity index is 2.18. The lowest BCUT2D eigenvalue weighted by Gasteiger charge is -2.16. The Hall–Kier alpha value is -2.09. The maximum atomic E-state index is 12.8. The molecule has 0 saturated heterocycles. The van der Waals surface area contributed by atoms with Crippen molar-refractivity contribution in [2.45, 2.75) is 59.8 Å². The number of ketones is 1. The van der Waals surface area contributed by atoms with E-state index >= 15 is 0 Å². The third-order valence-corrected chi connectivity index (χ3v) is 5.17. The van der Waals surface area contributed by atoms with Gasteiger partial charge in [-0.25, -0.2) is 0 Å². The van der Waals surface area contributed by atoms with Gasteiger partial charge in [-0.2, -0.15) is 0 Å². The van der Waals surface area contributed by atoms with Crippen LogP contribution in [0.1, 0.15) is 67.4 Å². The van der Waals surface area contributed by atoms with E-state index in [2.05, 4.69) is 20.8 Å². The Morgan fingerprint density at radius 3 is 2.28 bits per heavy atom. The monoisotopic (exact) mass is 338 g/mol. The molecule has 2 aromatic rings. The van der Waals surface area contributed by atoms with Crippen LogP contribution in [0.4, 0.5) is 0 Å². The van der Waals surface area contributed by atoms with Crippen molar-refractivity contribution < 1.29 is 9.90 Å². The van der Waals surface area contributed by atoms with Crippen LogP contribution in [-0.2, 0) is 0 Å². The summed E-state index contributed by atoms with van der Waals surface area (Å²) in [6.07, 6.45) is 5.78. The summed E-state index contributed by atoms with van der Waals surface area (Å²) in [6, 6.07) is 11.2. The summed E-state index contributed by atoms with van der Waals surface area (Å²) < 4.78 is 0. The van der Waals surface area contributed by atoms with Gasteiger partial charge in [-0.3, -0.25) is 4.79 Å². The molecule has 0 aliphatic carbocycles. The Labute approximate surface area is 151 Å². The quantitative estimate of drug-likeness (QED) is 0.442. The Morgan fingerprint density at radius 1 is 0.960 bits per heavy atom. The number of carbonyl (C=O) groups is 1. The maximum absolute atomic E-state index is 12.8. The summed E-state index contributed by atoms with van der Waals surface area (Å²) in [5.41, 5.74) is 5.23. The average Bonchev–Trinajstić information content (AvgIpc) is 2.61. The number of hydrogen-bond donors (Lipinski definition) is 1. The molecule has 0 aliphatic heterocycles. The normalized spacial score (nSPS) is 12.2. The van der Waals surface area contributed by atoms with Crippen molar-refractivity contribution in [2.24, 2.45) is 5.92 Å². The second-order valence-electron chi connectivity index (χ2n) is 7.07. The number of rotatable bonds is 8. The van der Waals surface area contributed by atoms with E-state index in [-0.39, 0.29) is 17.5 Å². The van der Waals surface area contributed by atoms with E-state index in [0.717, 1.165) is 40.7 Å². The molecule has 2 rings (SSSR count). The smallest absolute Gasteiger partial charge is 0.165 e. The van der Waals surface area contributed by atoms with Crippen molar-refractivity contribution >= 4 is 5.78 Å². The largest absolute Gasteiger partial charge is 0.508 e. The minimum Gasteiger partial charge on any atom is -0.508 e. The number of phenolic OH excluding ortho intramolecular Hbond substituents is 1. The molecule has 0 amide bonds. The van der Waals surface area contributed by atoms with Crippen LogP contribution in [0.25, 0.3) is 11.1 Å². The van der Waals surface area contributed by atoms with Gasteiger partial charge >= 0.3 is 0 Å². The standard InChI is InChI=1S/C23H30O2/c1-5-6-7-8-9-16(2)23(25)22-15-14-21(17(3)18(22)4)19-10-12-20(24)13-11-19/h10-16,24H,5-9H2,1-4H3. The Morgan fingerprint density at radius 2 is 1.64 bits per heavy atom. The third-order valence-electron chi connectivity index (χ3n) is 5.17. The van der Waals surface area contributed by atoms with E-state index in [9.17, 15) is 9.90 Å². The van der Waals surface area contributed by atoms with E-state index in [1.165, 1.54) is 19.3 Å². The number of Topliss-reactive ketones (excluding diaryl/α,β-unsaturated/α-hetero) is 1. The maximum Gasteiger partial charge on any atom is 0.165 e. The number of aromatic hydroxyl groups is 1. The highest BCUT2D eigenvalue weighted by molar-refractivity contribution is 6.00. The van der Waals surface area contributed by atoms with Crippen LogP contribution in [0, 0.1) is 19.8 Å². The first-order valence-corrected chi connectivity index (χ1v) is 9.39. The van der Waals surface area contributed by atoms with Gasteiger partial charge in [0, 0.05) is 11.5 Å². The highest BCUT2D eigenvalue weighted by atomic mass is 16.3. The molecular weight excluding hydrogens is 308 g/mol. The fraction of sp³-hybridized carbons (Fsp3) is 0.435. The molecule has 0 saturated carbocycles. The molecule has 1 unspecified atom stereocenters. The van der Waals surface area contributed by atoms with Gasteiger partial charge in [0.15, 0.2) is 5.78 Å². The molecule has 134 valence electrons. The number of phenols is 1. The van der Waals surface area contributed by atoms with Gasteiger partial charge < -0.3 is 5.11 Å². The lowest BCUT2D eigenvalue weighted by atomic mass is 9.87. The minimum atomic E-state index is 0.0782. The van der Waals surface area contributed by atoms with Gasteiger partial charge in [-0.1, -0.05) is 63.8 Å². The van der Waals surface area contributed by atoms with Gasteiger partial charge in [0.05, 0.1) is 0 Å². The first-order valence-electron chi connectivity index (χ1n) is 9.39. The summed E-state index contributed by atoms with van der Waals surface area (Å²) in [5, 5.41) is 9.47. The molecule has 1 N–H and O–H groups in total. The first-order chi connectivity index (χ1) is 12.0. The molecule has 0 aliphatic rings. The van der Waals surface area contributed by atoms with Crippen LogP contribution < -0.4 is 0 Å². The zero-order valence-electron chi connectivity index (χ0n) is 15.9. The van der Waals surface area contributed by atoms with Crippen LogP contribution in [0.3, 0.4) is 0 Å². The first kappa shape index (κ1) is 19.2. The molecule has 0 spiro atoms. The van der Waals surface area contributed by atoms with Gasteiger partial charge in [-0.15, -0.1) is 0 Å². The summed E-state index contributed by atoms with van der Waals surface area (Å²) in [5.74, 6) is 0.602. The Bertz CT molecular complexity index is 714. The topological polar surface area (TPSA) is 37.3 Å². The summed E-state index contributed by atoms with van der Waals surface area (Å²) in [6.45, 7) is 8.36. The molecule has 1 atom stereocenters. The van der Waals surface area contributed by atoms with Gasteiger partial charge in [0.25, 0.3) is 0 Å². The average molecular weight is 338 g/mol. The van der Waals surface area contributed by atoms with Crippen molar-refractivity contribution in [3.05, 3.63) is 53.1 Å². The van der Waals surface area contributed by atoms with Crippen LogP contribution in [0.15, 0.2) is 36.4 Å². The predicted molar refractivity (Wildman–Crippen MR) is 105 cm³/mol. The van der Waals surface area contributed by atoms with Crippen molar-refractivity contribution in [3.8, 4) is 16.9 Å². The molecule has 0 radical (unpaired) electrons. The fourth-order valence-electron chi connectivity index (χ4n) is 3.32. The highest BCUT2D eigenvalue weighted by Gasteiger charge is 2.19. The second-order valence-corrected chi connectivity index (χ2v) is 7.07. The van der Waals surface area contributed by atoms with E-state index < -0.39 is 0 Å². The molecule has 2 nitrogen and oxygen atoms in total. The minimum absolute atomic E-state index is 0.0782. The van der Waals surface area contributed by atoms with Crippen molar-refractivity contribution in [1.29, 1.82) is 0 Å². The third kappa shape index (κ3) is 4.72. The second kappa shape index (κ2) is 8.84. The fourth-order valence-corrected chi connectivity index (χ4v) is 3.32.